The second-order valence-electron chi connectivity index (χ2n) is 6.45. The first-order chi connectivity index (χ1) is 9.58. The average Bonchev–Trinajstić information content (AvgIpc) is 3.08. The molecule has 2 aromatic carbocycles. The van der Waals surface area contributed by atoms with Gasteiger partial charge in [-0.1, -0.05) is 53.4 Å². The van der Waals surface area contributed by atoms with Gasteiger partial charge in [0.05, 0.1) is 0 Å². The summed E-state index contributed by atoms with van der Waals surface area (Å²) < 4.78 is 0. The molecule has 0 radical (unpaired) electrons. The van der Waals surface area contributed by atoms with Gasteiger partial charge in [-0.05, 0) is 11.8 Å². The Kier molecular flexibility index (Phi) is 11.9. The molecule has 0 unspecified atom stereocenters. The van der Waals surface area contributed by atoms with E-state index in [0.717, 1.165) is 11.8 Å². The van der Waals surface area contributed by atoms with Crippen LogP contribution < -0.4 is 0 Å². The molecule has 21 heavy (non-hydrogen) atoms. The molecule has 114 valence electrons. The van der Waals surface area contributed by atoms with Crippen LogP contribution in [-0.4, -0.2) is 0 Å². The van der Waals surface area contributed by atoms with E-state index in [4.69, 9.17) is 0 Å². The first kappa shape index (κ1) is 20.6. The number of aryl methyl sites for hydroxylation is 2. The summed E-state index contributed by atoms with van der Waals surface area (Å²) in [6, 6.07) is 17.2. The Balaban J connectivity index is 0.000000364. The van der Waals surface area contributed by atoms with Gasteiger partial charge in [-0.15, -0.1) is 0 Å². The second-order valence-corrected chi connectivity index (χ2v) is 6.45. The summed E-state index contributed by atoms with van der Waals surface area (Å²) >= 11 is 0. The van der Waals surface area contributed by atoms with Crippen LogP contribution in [0.2, 0.25) is 0 Å². The first-order valence-corrected chi connectivity index (χ1v) is 7.99. The predicted octanol–water partition coefficient (Wildman–Crippen LogP) is 5.99. The molecular formula is C20H30Zr. The van der Waals surface area contributed by atoms with Gasteiger partial charge in [0.1, 0.15) is 0 Å². The number of hydrogen-bond donors (Lipinski definition) is 0. The normalized spacial score (nSPS) is 10.2. The molecule has 0 aliphatic heterocycles. The van der Waals surface area contributed by atoms with Crippen LogP contribution in [0.4, 0.5) is 0 Å². The van der Waals surface area contributed by atoms with Gasteiger partial charge in [0, 0.05) is 0 Å². The van der Waals surface area contributed by atoms with Gasteiger partial charge in [0.15, 0.2) is 0 Å². The fourth-order valence-electron chi connectivity index (χ4n) is 2.07. The van der Waals surface area contributed by atoms with Crippen LogP contribution in [0.25, 0.3) is 0 Å². The number of rotatable bonds is 6. The molecule has 0 atom stereocenters. The van der Waals surface area contributed by atoms with E-state index < -0.39 is 0 Å². The summed E-state index contributed by atoms with van der Waals surface area (Å²) in [6.07, 6.45) is 5.10. The fourth-order valence-corrected chi connectivity index (χ4v) is 2.07. The molecule has 0 N–H and O–H groups in total. The third kappa shape index (κ3) is 10.9. The van der Waals surface area contributed by atoms with Crippen LogP contribution in [0.1, 0.15) is 51.7 Å². The SMILES string of the molecule is CC(C)CC[c-]1cccc1.CC(C)CC[c-]1cccc1.[Zr+2]. The van der Waals surface area contributed by atoms with E-state index in [9.17, 15) is 0 Å². The van der Waals surface area contributed by atoms with Crippen molar-refractivity contribution in [2.45, 2.75) is 53.4 Å². The van der Waals surface area contributed by atoms with Gasteiger partial charge in [0.25, 0.3) is 0 Å². The summed E-state index contributed by atoms with van der Waals surface area (Å²) in [6.45, 7) is 9.07. The van der Waals surface area contributed by atoms with Crippen molar-refractivity contribution in [3.8, 4) is 0 Å². The van der Waals surface area contributed by atoms with Crippen molar-refractivity contribution in [1.29, 1.82) is 0 Å². The molecule has 0 saturated heterocycles. The van der Waals surface area contributed by atoms with Gasteiger partial charge < -0.3 is 0 Å². The van der Waals surface area contributed by atoms with Crippen molar-refractivity contribution in [3.05, 3.63) is 59.7 Å². The van der Waals surface area contributed by atoms with E-state index in [1.54, 1.807) is 0 Å². The van der Waals surface area contributed by atoms with Crippen LogP contribution in [-0.2, 0) is 39.0 Å². The maximum Gasteiger partial charge on any atom is 2.00 e. The van der Waals surface area contributed by atoms with Crippen LogP contribution in [0.5, 0.6) is 0 Å². The number of hydrogen-bond acceptors (Lipinski definition) is 0. The van der Waals surface area contributed by atoms with Gasteiger partial charge >= 0.3 is 26.2 Å². The van der Waals surface area contributed by atoms with Crippen molar-refractivity contribution in [1.82, 2.24) is 0 Å². The van der Waals surface area contributed by atoms with Crippen molar-refractivity contribution < 1.29 is 26.2 Å². The summed E-state index contributed by atoms with van der Waals surface area (Å²) in [7, 11) is 0. The summed E-state index contributed by atoms with van der Waals surface area (Å²) in [4.78, 5) is 0. The van der Waals surface area contributed by atoms with E-state index in [-0.39, 0.29) is 26.2 Å². The van der Waals surface area contributed by atoms with Crippen molar-refractivity contribution in [2.75, 3.05) is 0 Å². The molecule has 1 heteroatoms. The molecule has 0 aliphatic rings. The zero-order valence-electron chi connectivity index (χ0n) is 14.1. The Morgan fingerprint density at radius 1 is 0.619 bits per heavy atom. The Hall–Kier alpha value is -0.417. The summed E-state index contributed by atoms with van der Waals surface area (Å²) in [5.41, 5.74) is 2.96. The van der Waals surface area contributed by atoms with Gasteiger partial charge in [-0.3, -0.25) is 0 Å². The van der Waals surface area contributed by atoms with E-state index in [2.05, 4.69) is 76.2 Å². The Morgan fingerprint density at radius 2 is 0.905 bits per heavy atom. The molecule has 0 saturated carbocycles. The molecule has 0 spiro atoms. The Bertz CT molecular complexity index is 364. The molecule has 0 aliphatic carbocycles. The minimum absolute atomic E-state index is 0. The maximum atomic E-state index is 2.27. The monoisotopic (exact) mass is 360 g/mol. The molecule has 0 heterocycles. The minimum atomic E-state index is 0. The minimum Gasteiger partial charge on any atom is -0.213 e. The standard InChI is InChI=1S/2C10H15.Zr/c2*1-9(2)7-8-10-5-3-4-6-10;/h2*3-6,9H,7-8H2,1-2H3;/q2*-1;+2. The quantitative estimate of drug-likeness (QED) is 0.555. The summed E-state index contributed by atoms with van der Waals surface area (Å²) in [5, 5.41) is 0. The average molecular weight is 362 g/mol. The molecule has 0 fully saturated rings. The summed E-state index contributed by atoms with van der Waals surface area (Å²) in [5.74, 6) is 1.66. The van der Waals surface area contributed by atoms with Gasteiger partial charge in [0.2, 0.25) is 0 Å². The van der Waals surface area contributed by atoms with Crippen LogP contribution in [0.3, 0.4) is 0 Å². The Labute approximate surface area is 150 Å². The zero-order chi connectivity index (χ0) is 14.8. The maximum absolute atomic E-state index is 2.27. The molecule has 0 nitrogen and oxygen atoms in total. The van der Waals surface area contributed by atoms with E-state index in [1.165, 1.54) is 36.8 Å². The molecule has 2 rings (SSSR count). The molecule has 0 amide bonds. The zero-order valence-corrected chi connectivity index (χ0v) is 16.6. The molecule has 2 aromatic rings. The van der Waals surface area contributed by atoms with Gasteiger partial charge in [-0.25, -0.2) is 24.3 Å². The Morgan fingerprint density at radius 3 is 1.14 bits per heavy atom. The molecule has 0 bridgehead atoms. The molecule has 0 aromatic heterocycles. The third-order valence-electron chi connectivity index (χ3n) is 3.48. The molecular weight excluding hydrogens is 331 g/mol. The van der Waals surface area contributed by atoms with Crippen molar-refractivity contribution in [2.24, 2.45) is 11.8 Å². The van der Waals surface area contributed by atoms with Crippen molar-refractivity contribution in [3.63, 3.8) is 0 Å². The topological polar surface area (TPSA) is 0 Å². The van der Waals surface area contributed by atoms with Crippen LogP contribution in [0, 0.1) is 11.8 Å². The van der Waals surface area contributed by atoms with E-state index in [0.29, 0.717) is 0 Å². The third-order valence-corrected chi connectivity index (χ3v) is 3.48. The second kappa shape index (κ2) is 12.2. The van der Waals surface area contributed by atoms with Crippen LogP contribution >= 0.6 is 0 Å². The predicted molar refractivity (Wildman–Crippen MR) is 90.4 cm³/mol. The van der Waals surface area contributed by atoms with Gasteiger partial charge in [-0.2, -0.15) is 35.4 Å². The van der Waals surface area contributed by atoms with E-state index >= 15 is 0 Å². The largest absolute Gasteiger partial charge is 2.00 e. The smallest absolute Gasteiger partial charge is 0.213 e. The van der Waals surface area contributed by atoms with E-state index in [1.807, 2.05) is 0 Å². The first-order valence-electron chi connectivity index (χ1n) is 7.99. The van der Waals surface area contributed by atoms with Crippen molar-refractivity contribution >= 4 is 0 Å². The fraction of sp³-hybridized carbons (Fsp3) is 0.500. The van der Waals surface area contributed by atoms with Crippen LogP contribution in [0.15, 0.2) is 48.5 Å².